The summed E-state index contributed by atoms with van der Waals surface area (Å²) < 4.78 is 41.2. The normalized spacial score (nSPS) is 15.1. The second-order valence-electron chi connectivity index (χ2n) is 7.83. The first-order chi connectivity index (χ1) is 16.4. The van der Waals surface area contributed by atoms with E-state index in [1.54, 1.807) is 30.5 Å². The van der Waals surface area contributed by atoms with E-state index >= 15 is 0 Å². The van der Waals surface area contributed by atoms with E-state index in [1.807, 2.05) is 24.3 Å². The van der Waals surface area contributed by atoms with Gasteiger partial charge in [-0.25, -0.2) is 9.97 Å². The number of hydrogen-bond acceptors (Lipinski definition) is 5. The van der Waals surface area contributed by atoms with Crippen molar-refractivity contribution in [3.05, 3.63) is 95.7 Å². The van der Waals surface area contributed by atoms with E-state index in [4.69, 9.17) is 4.99 Å². The largest absolute Gasteiger partial charge is 0.417 e. The van der Waals surface area contributed by atoms with Crippen LogP contribution in [0.4, 0.5) is 19.0 Å². The maximum atomic E-state index is 13.7. The van der Waals surface area contributed by atoms with Crippen LogP contribution < -0.4 is 5.32 Å². The van der Waals surface area contributed by atoms with Crippen LogP contribution in [0.5, 0.6) is 0 Å². The lowest BCUT2D eigenvalue weighted by Gasteiger charge is -2.14. The lowest BCUT2D eigenvalue weighted by molar-refractivity contribution is -0.137. The molecule has 3 heterocycles. The van der Waals surface area contributed by atoms with Crippen molar-refractivity contribution in [3.8, 4) is 22.8 Å². The second kappa shape index (κ2) is 8.70. The zero-order valence-corrected chi connectivity index (χ0v) is 18.2. The Morgan fingerprint density at radius 2 is 1.59 bits per heavy atom. The van der Waals surface area contributed by atoms with Crippen LogP contribution in [0.2, 0.25) is 0 Å². The van der Waals surface area contributed by atoms with Crippen molar-refractivity contribution in [1.82, 2.24) is 15.0 Å². The third kappa shape index (κ3) is 4.14. The second-order valence-corrected chi connectivity index (χ2v) is 7.83. The molecule has 0 bridgehead atoms. The van der Waals surface area contributed by atoms with Crippen LogP contribution in [0.1, 0.15) is 36.1 Å². The molecule has 0 saturated heterocycles. The van der Waals surface area contributed by atoms with Crippen molar-refractivity contribution in [3.63, 3.8) is 0 Å². The highest BCUT2D eigenvalue weighted by atomic mass is 19.4. The van der Waals surface area contributed by atoms with Crippen LogP contribution in [0.3, 0.4) is 0 Å². The van der Waals surface area contributed by atoms with Crippen LogP contribution >= 0.6 is 0 Å². The zero-order chi connectivity index (χ0) is 23.7. The molecule has 0 aliphatic carbocycles. The van der Waals surface area contributed by atoms with Crippen molar-refractivity contribution in [2.45, 2.75) is 25.6 Å². The van der Waals surface area contributed by atoms with Gasteiger partial charge < -0.3 is 5.32 Å². The molecule has 8 heteroatoms. The Labute approximate surface area is 194 Å². The number of nitrogens with zero attached hydrogens (tertiary/aromatic N) is 4. The number of amidine groups is 1. The van der Waals surface area contributed by atoms with Gasteiger partial charge in [-0.1, -0.05) is 55.5 Å². The van der Waals surface area contributed by atoms with Crippen molar-refractivity contribution < 1.29 is 13.2 Å². The lowest BCUT2D eigenvalue weighted by Crippen LogP contribution is -2.14. The number of anilines is 1. The Bertz CT molecular complexity index is 1370. The van der Waals surface area contributed by atoms with Gasteiger partial charge in [0.05, 0.1) is 23.0 Å². The molecule has 0 amide bonds. The number of rotatable bonds is 4. The summed E-state index contributed by atoms with van der Waals surface area (Å²) in [6, 6.07) is 20.2. The summed E-state index contributed by atoms with van der Waals surface area (Å²) in [5, 5.41) is 3.23. The summed E-state index contributed by atoms with van der Waals surface area (Å²) >= 11 is 0. The van der Waals surface area contributed by atoms with Gasteiger partial charge in [0.2, 0.25) is 0 Å². The quantitative estimate of drug-likeness (QED) is 0.376. The molecule has 2 aromatic heterocycles. The molecule has 0 radical (unpaired) electrons. The third-order valence-corrected chi connectivity index (χ3v) is 5.62. The SMILES string of the molecule is CCC1N=C(Nc2cc(-c3ccccn3)nc(-c3ccccc3C(F)(F)F)n2)c2ccccc21. The predicted molar refractivity (Wildman–Crippen MR) is 125 cm³/mol. The van der Waals surface area contributed by atoms with E-state index in [1.165, 1.54) is 18.2 Å². The highest BCUT2D eigenvalue weighted by Gasteiger charge is 2.34. The monoisotopic (exact) mass is 459 g/mol. The van der Waals surface area contributed by atoms with Gasteiger partial charge in [-0.05, 0) is 30.2 Å². The van der Waals surface area contributed by atoms with Gasteiger partial charge in [0, 0.05) is 23.4 Å². The summed E-state index contributed by atoms with van der Waals surface area (Å²) in [6.45, 7) is 2.06. The zero-order valence-electron chi connectivity index (χ0n) is 18.2. The number of benzene rings is 2. The Hall–Kier alpha value is -4.07. The summed E-state index contributed by atoms with van der Waals surface area (Å²) in [5.74, 6) is 0.925. The Balaban J connectivity index is 1.64. The van der Waals surface area contributed by atoms with Crippen LogP contribution in [0, 0.1) is 0 Å². The standard InChI is InChI=1S/C26H20F3N5/c1-2-20-16-9-3-4-10-17(16)24(31-20)33-23-15-22(21-13-7-8-14-30-21)32-25(34-23)18-11-5-6-12-19(18)26(27,28)29/h3-15,20H,2H2,1H3,(H,31,32,33,34). The number of halogens is 3. The average molecular weight is 459 g/mol. The number of aliphatic imine (C=N–C) groups is 1. The van der Waals surface area contributed by atoms with Gasteiger partial charge in [-0.15, -0.1) is 0 Å². The molecule has 1 N–H and O–H groups in total. The summed E-state index contributed by atoms with van der Waals surface area (Å²) in [5.41, 5.74) is 2.09. The maximum Gasteiger partial charge on any atom is 0.417 e. The van der Waals surface area contributed by atoms with E-state index in [0.717, 1.165) is 23.6 Å². The van der Waals surface area contributed by atoms with E-state index in [9.17, 15) is 13.2 Å². The van der Waals surface area contributed by atoms with Crippen LogP contribution in [-0.4, -0.2) is 20.8 Å². The molecule has 5 rings (SSSR count). The molecular formula is C26H20F3N5. The number of aromatic nitrogens is 3. The van der Waals surface area contributed by atoms with Gasteiger partial charge in [0.25, 0.3) is 0 Å². The van der Waals surface area contributed by atoms with E-state index < -0.39 is 11.7 Å². The number of nitrogens with one attached hydrogen (secondary N) is 1. The summed E-state index contributed by atoms with van der Waals surface area (Å²) in [7, 11) is 0. The number of fused-ring (bicyclic) bond motifs is 1. The van der Waals surface area contributed by atoms with Gasteiger partial charge >= 0.3 is 6.18 Å². The molecule has 1 aliphatic rings. The molecule has 2 aromatic carbocycles. The van der Waals surface area contributed by atoms with Crippen molar-refractivity contribution in [2.75, 3.05) is 5.32 Å². The lowest BCUT2D eigenvalue weighted by atomic mass is 10.0. The van der Waals surface area contributed by atoms with E-state index in [0.29, 0.717) is 23.0 Å². The summed E-state index contributed by atoms with van der Waals surface area (Å²) in [4.78, 5) is 18.0. The average Bonchev–Trinajstić information content (AvgIpc) is 3.21. The van der Waals surface area contributed by atoms with E-state index in [2.05, 4.69) is 27.2 Å². The highest BCUT2D eigenvalue weighted by Crippen LogP contribution is 2.37. The van der Waals surface area contributed by atoms with Crippen molar-refractivity contribution >= 4 is 11.7 Å². The topological polar surface area (TPSA) is 63.1 Å². The maximum absolute atomic E-state index is 13.7. The number of hydrogen-bond donors (Lipinski definition) is 1. The molecule has 1 atom stereocenters. The molecule has 5 nitrogen and oxygen atoms in total. The molecular weight excluding hydrogens is 439 g/mol. The van der Waals surface area contributed by atoms with Gasteiger partial charge in [0.15, 0.2) is 5.82 Å². The number of alkyl halides is 3. The third-order valence-electron chi connectivity index (χ3n) is 5.62. The van der Waals surface area contributed by atoms with Gasteiger partial charge in [0.1, 0.15) is 11.7 Å². The first kappa shape index (κ1) is 21.8. The molecule has 0 spiro atoms. The van der Waals surface area contributed by atoms with Gasteiger partial charge in [-0.3, -0.25) is 9.98 Å². The fourth-order valence-corrected chi connectivity index (χ4v) is 4.03. The molecule has 0 fully saturated rings. The van der Waals surface area contributed by atoms with Crippen molar-refractivity contribution in [2.24, 2.45) is 4.99 Å². The first-order valence-corrected chi connectivity index (χ1v) is 10.8. The Kier molecular flexibility index (Phi) is 5.57. The molecule has 0 saturated carbocycles. The first-order valence-electron chi connectivity index (χ1n) is 10.8. The smallest absolute Gasteiger partial charge is 0.325 e. The molecule has 1 unspecified atom stereocenters. The minimum atomic E-state index is -4.54. The minimum absolute atomic E-state index is 0.0150. The van der Waals surface area contributed by atoms with E-state index in [-0.39, 0.29) is 17.4 Å². The summed E-state index contributed by atoms with van der Waals surface area (Å²) in [6.07, 6.45) is -2.11. The van der Waals surface area contributed by atoms with Crippen LogP contribution in [0.15, 0.2) is 84.0 Å². The predicted octanol–water partition coefficient (Wildman–Crippen LogP) is 6.55. The van der Waals surface area contributed by atoms with Gasteiger partial charge in [-0.2, -0.15) is 13.2 Å². The Morgan fingerprint density at radius 3 is 2.32 bits per heavy atom. The van der Waals surface area contributed by atoms with Crippen LogP contribution in [0.25, 0.3) is 22.8 Å². The van der Waals surface area contributed by atoms with Crippen LogP contribution in [-0.2, 0) is 6.18 Å². The molecule has 170 valence electrons. The molecule has 34 heavy (non-hydrogen) atoms. The highest BCUT2D eigenvalue weighted by molar-refractivity contribution is 6.10. The Morgan fingerprint density at radius 1 is 0.853 bits per heavy atom. The number of pyridine rings is 1. The molecule has 4 aromatic rings. The fraction of sp³-hybridized carbons (Fsp3) is 0.154. The fourth-order valence-electron chi connectivity index (χ4n) is 4.03. The molecule has 1 aliphatic heterocycles. The van der Waals surface area contributed by atoms with Crippen molar-refractivity contribution in [1.29, 1.82) is 0 Å². The minimum Gasteiger partial charge on any atom is -0.325 e.